The van der Waals surface area contributed by atoms with Gasteiger partial charge < -0.3 is 10.2 Å². The highest BCUT2D eigenvalue weighted by molar-refractivity contribution is 6.09. The summed E-state index contributed by atoms with van der Waals surface area (Å²) in [6.07, 6.45) is 0.107. The predicted molar refractivity (Wildman–Crippen MR) is 118 cm³/mol. The van der Waals surface area contributed by atoms with Crippen molar-refractivity contribution in [3.05, 3.63) is 64.2 Å². The molecule has 0 radical (unpaired) electrons. The van der Waals surface area contributed by atoms with Gasteiger partial charge in [-0.25, -0.2) is 0 Å². The molecule has 1 aliphatic rings. The number of amides is 4. The quantitative estimate of drug-likeness (QED) is 0.727. The Morgan fingerprint density at radius 3 is 2.39 bits per heavy atom. The van der Waals surface area contributed by atoms with Gasteiger partial charge in [-0.15, -0.1) is 0 Å². The Labute approximate surface area is 182 Å². The standard InChI is InChI=1S/C24H27N3O4/c1-15-11-16(2)23(17(3)12-15)25-20(28)14-26(4)21(29)9-10-27-22(30)13-18-7-5-6-8-19(18)24(27)31/h5-8,11-12H,9-10,13-14H2,1-4H3,(H,25,28). The number of fused-ring (bicyclic) bond motifs is 1. The van der Waals surface area contributed by atoms with E-state index in [1.54, 1.807) is 24.3 Å². The maximum absolute atomic E-state index is 12.6. The normalized spacial score (nSPS) is 13.1. The minimum absolute atomic E-state index is 0.00697. The van der Waals surface area contributed by atoms with Crippen LogP contribution in [-0.2, 0) is 20.8 Å². The number of imide groups is 1. The van der Waals surface area contributed by atoms with Crippen LogP contribution in [0.2, 0.25) is 0 Å². The lowest BCUT2D eigenvalue weighted by atomic mass is 9.98. The largest absolute Gasteiger partial charge is 0.336 e. The number of aryl methyl sites for hydroxylation is 3. The Kier molecular flexibility index (Phi) is 6.53. The Hall–Kier alpha value is -3.48. The zero-order chi connectivity index (χ0) is 22.7. The van der Waals surface area contributed by atoms with Gasteiger partial charge in [-0.05, 0) is 43.5 Å². The minimum atomic E-state index is -0.384. The van der Waals surface area contributed by atoms with E-state index in [0.717, 1.165) is 27.3 Å². The molecule has 31 heavy (non-hydrogen) atoms. The van der Waals surface area contributed by atoms with Gasteiger partial charge in [0.25, 0.3) is 5.91 Å². The highest BCUT2D eigenvalue weighted by Gasteiger charge is 2.31. The third-order valence-electron chi connectivity index (χ3n) is 5.43. The molecule has 0 atom stereocenters. The lowest BCUT2D eigenvalue weighted by Gasteiger charge is -2.27. The number of nitrogens with zero attached hydrogens (tertiary/aromatic N) is 2. The van der Waals surface area contributed by atoms with Crippen molar-refractivity contribution in [2.24, 2.45) is 0 Å². The molecule has 7 nitrogen and oxygen atoms in total. The molecule has 0 bridgehead atoms. The van der Waals surface area contributed by atoms with Crippen molar-refractivity contribution in [3.8, 4) is 0 Å². The summed E-state index contributed by atoms with van der Waals surface area (Å²) in [5, 5.41) is 2.87. The second-order valence-electron chi connectivity index (χ2n) is 8.01. The molecule has 7 heteroatoms. The van der Waals surface area contributed by atoms with Crippen LogP contribution in [0, 0.1) is 20.8 Å². The SMILES string of the molecule is Cc1cc(C)c(NC(=O)CN(C)C(=O)CCN2C(=O)Cc3ccccc3C2=O)c(C)c1. The molecule has 1 N–H and O–H groups in total. The average molecular weight is 421 g/mol. The third kappa shape index (κ3) is 4.99. The monoisotopic (exact) mass is 421 g/mol. The zero-order valence-electron chi connectivity index (χ0n) is 18.3. The Morgan fingerprint density at radius 1 is 1.06 bits per heavy atom. The number of likely N-dealkylation sites (N-methyl/N-ethyl adjacent to an activating group) is 1. The number of nitrogens with one attached hydrogen (secondary N) is 1. The lowest BCUT2D eigenvalue weighted by molar-refractivity contribution is -0.134. The van der Waals surface area contributed by atoms with Gasteiger partial charge in [0.2, 0.25) is 17.7 Å². The summed E-state index contributed by atoms with van der Waals surface area (Å²) in [5.41, 5.74) is 4.98. The van der Waals surface area contributed by atoms with Crippen LogP contribution in [0.5, 0.6) is 0 Å². The fraction of sp³-hybridized carbons (Fsp3) is 0.333. The van der Waals surface area contributed by atoms with Crippen molar-refractivity contribution < 1.29 is 19.2 Å². The number of carbonyl (C=O) groups excluding carboxylic acids is 4. The molecule has 1 heterocycles. The van der Waals surface area contributed by atoms with Gasteiger partial charge in [-0.2, -0.15) is 0 Å². The highest BCUT2D eigenvalue weighted by atomic mass is 16.2. The molecule has 2 aromatic carbocycles. The first kappa shape index (κ1) is 22.2. The average Bonchev–Trinajstić information content (AvgIpc) is 2.70. The number of carbonyl (C=O) groups is 4. The Morgan fingerprint density at radius 2 is 1.71 bits per heavy atom. The van der Waals surface area contributed by atoms with E-state index in [4.69, 9.17) is 0 Å². The van der Waals surface area contributed by atoms with Crippen molar-refractivity contribution >= 4 is 29.3 Å². The molecule has 0 aromatic heterocycles. The zero-order valence-corrected chi connectivity index (χ0v) is 18.3. The Balaban J connectivity index is 1.56. The summed E-state index contributed by atoms with van der Waals surface area (Å²) in [6, 6.07) is 11.0. The number of hydrogen-bond donors (Lipinski definition) is 1. The van der Waals surface area contributed by atoms with E-state index in [0.29, 0.717) is 11.1 Å². The summed E-state index contributed by atoms with van der Waals surface area (Å²) in [7, 11) is 1.53. The molecule has 0 aliphatic carbocycles. The summed E-state index contributed by atoms with van der Waals surface area (Å²) >= 11 is 0. The van der Waals surface area contributed by atoms with Crippen molar-refractivity contribution in [3.63, 3.8) is 0 Å². The number of anilines is 1. The van der Waals surface area contributed by atoms with Crippen LogP contribution < -0.4 is 5.32 Å². The van der Waals surface area contributed by atoms with E-state index in [1.807, 2.05) is 32.9 Å². The predicted octanol–water partition coefficient (Wildman–Crippen LogP) is 2.62. The number of hydrogen-bond acceptors (Lipinski definition) is 4. The highest BCUT2D eigenvalue weighted by Crippen LogP contribution is 2.22. The Bertz CT molecular complexity index is 1040. The molecule has 0 spiro atoms. The van der Waals surface area contributed by atoms with Crippen molar-refractivity contribution in [1.29, 1.82) is 0 Å². The second kappa shape index (κ2) is 9.12. The van der Waals surface area contributed by atoms with Gasteiger partial charge in [0.15, 0.2) is 0 Å². The summed E-state index contributed by atoms with van der Waals surface area (Å²) < 4.78 is 0. The van der Waals surface area contributed by atoms with Gasteiger partial charge in [0.1, 0.15) is 0 Å². The summed E-state index contributed by atoms with van der Waals surface area (Å²) in [4.78, 5) is 52.3. The molecule has 3 rings (SSSR count). The van der Waals surface area contributed by atoms with Crippen LogP contribution in [0.25, 0.3) is 0 Å². The fourth-order valence-electron chi connectivity index (χ4n) is 3.88. The van der Waals surface area contributed by atoms with Gasteiger partial charge in [-0.1, -0.05) is 35.9 Å². The molecule has 0 fully saturated rings. The van der Waals surface area contributed by atoms with Crippen molar-refractivity contribution in [1.82, 2.24) is 9.80 Å². The number of benzene rings is 2. The first-order chi connectivity index (χ1) is 14.7. The smallest absolute Gasteiger partial charge is 0.260 e. The van der Waals surface area contributed by atoms with Gasteiger partial charge in [0, 0.05) is 31.3 Å². The number of rotatable bonds is 6. The molecule has 0 saturated heterocycles. The van der Waals surface area contributed by atoms with E-state index in [2.05, 4.69) is 5.32 Å². The molecule has 0 saturated carbocycles. The molecule has 1 aliphatic heterocycles. The maximum Gasteiger partial charge on any atom is 0.260 e. The fourth-order valence-corrected chi connectivity index (χ4v) is 3.88. The molecule has 162 valence electrons. The van der Waals surface area contributed by atoms with Crippen LogP contribution in [-0.4, -0.2) is 53.6 Å². The van der Waals surface area contributed by atoms with Gasteiger partial charge in [-0.3, -0.25) is 24.1 Å². The lowest BCUT2D eigenvalue weighted by Crippen LogP contribution is -2.44. The van der Waals surface area contributed by atoms with E-state index in [9.17, 15) is 19.2 Å². The van der Waals surface area contributed by atoms with Crippen LogP contribution in [0.3, 0.4) is 0 Å². The molecule has 0 unspecified atom stereocenters. The maximum atomic E-state index is 12.6. The second-order valence-corrected chi connectivity index (χ2v) is 8.01. The summed E-state index contributed by atoms with van der Waals surface area (Å²) in [6.45, 7) is 5.72. The van der Waals surface area contributed by atoms with Gasteiger partial charge >= 0.3 is 0 Å². The van der Waals surface area contributed by atoms with E-state index in [1.165, 1.54) is 11.9 Å². The first-order valence-corrected chi connectivity index (χ1v) is 10.2. The van der Waals surface area contributed by atoms with Crippen molar-refractivity contribution in [2.45, 2.75) is 33.6 Å². The van der Waals surface area contributed by atoms with Crippen LogP contribution >= 0.6 is 0 Å². The van der Waals surface area contributed by atoms with E-state index < -0.39 is 0 Å². The third-order valence-corrected chi connectivity index (χ3v) is 5.43. The van der Waals surface area contributed by atoms with Crippen LogP contribution in [0.4, 0.5) is 5.69 Å². The topological polar surface area (TPSA) is 86.8 Å². The first-order valence-electron chi connectivity index (χ1n) is 10.2. The van der Waals surface area contributed by atoms with Crippen molar-refractivity contribution in [2.75, 3.05) is 25.5 Å². The summed E-state index contributed by atoms with van der Waals surface area (Å²) in [5.74, 6) is -1.32. The molecular formula is C24H27N3O4. The minimum Gasteiger partial charge on any atom is -0.336 e. The van der Waals surface area contributed by atoms with E-state index in [-0.39, 0.29) is 49.6 Å². The van der Waals surface area contributed by atoms with Gasteiger partial charge in [0.05, 0.1) is 13.0 Å². The van der Waals surface area contributed by atoms with Crippen LogP contribution in [0.1, 0.15) is 39.0 Å². The molecule has 2 aromatic rings. The molecule has 4 amide bonds. The van der Waals surface area contributed by atoms with Crippen LogP contribution in [0.15, 0.2) is 36.4 Å². The molecular weight excluding hydrogens is 394 g/mol. The van der Waals surface area contributed by atoms with E-state index >= 15 is 0 Å².